The summed E-state index contributed by atoms with van der Waals surface area (Å²) in [6.07, 6.45) is 0. The van der Waals surface area contributed by atoms with Crippen LogP contribution in [0.1, 0.15) is 0 Å². The maximum atomic E-state index is 4.92. The number of morpholine rings is 1. The largest absolute Gasteiger partial charge is 0.575 e. The molecule has 1 heterocycles. The van der Waals surface area contributed by atoms with Crippen LogP contribution in [0.5, 0.6) is 0 Å². The fraction of sp³-hybridized carbons (Fsp3) is 0.600. The van der Waals surface area contributed by atoms with Gasteiger partial charge in [-0.15, -0.1) is 13.2 Å². The molecule has 0 saturated carbocycles. The van der Waals surface area contributed by atoms with Crippen molar-refractivity contribution >= 4 is 0 Å². The van der Waals surface area contributed by atoms with Crippen molar-refractivity contribution in [3.05, 3.63) is 13.2 Å². The van der Waals surface area contributed by atoms with Crippen LogP contribution in [0.3, 0.4) is 0 Å². The first-order valence-electron chi connectivity index (χ1n) is 2.36. The topological polar surface area (TPSA) is 12.5 Å². The Kier molecular flexibility index (Phi) is 5.48. The van der Waals surface area contributed by atoms with Crippen LogP contribution >= 0.6 is 0 Å². The van der Waals surface area contributed by atoms with Crippen molar-refractivity contribution in [2.45, 2.75) is 0 Å². The quantitative estimate of drug-likeness (QED) is 0.506. The van der Waals surface area contributed by atoms with Crippen LogP contribution in [0.4, 0.5) is 0 Å². The van der Waals surface area contributed by atoms with E-state index in [1.54, 1.807) is 6.61 Å². The van der Waals surface area contributed by atoms with Gasteiger partial charge >= 0.3 is 0 Å². The summed E-state index contributed by atoms with van der Waals surface area (Å²) < 4.78 is 4.92. The molecule has 1 rings (SSSR count). The summed E-state index contributed by atoms with van der Waals surface area (Å²) in [7, 11) is 2.03. The van der Waals surface area contributed by atoms with Gasteiger partial charge in [-0.05, 0) is 7.05 Å². The molecule has 0 aromatic rings. The predicted molar refractivity (Wildman–Crippen MR) is 27.2 cm³/mol. The number of nitrogens with zero attached hydrogens (tertiary/aromatic N) is 1. The minimum Gasteiger partial charge on any atom is -0.575 e. The molecule has 0 aliphatic carbocycles. The third kappa shape index (κ3) is 3.13. The van der Waals surface area contributed by atoms with Gasteiger partial charge in [-0.2, -0.15) is 0 Å². The molecule has 1 saturated heterocycles. The molecular weight excluding hydrogens is 179 g/mol. The van der Waals surface area contributed by atoms with E-state index >= 15 is 0 Å². The van der Waals surface area contributed by atoms with Crippen molar-refractivity contribution in [2.24, 2.45) is 0 Å². The molecule has 0 bridgehead atoms. The van der Waals surface area contributed by atoms with Gasteiger partial charge in [0, 0.05) is 32.7 Å². The third-order valence-electron chi connectivity index (χ3n) is 0.963. The zero-order valence-corrected chi connectivity index (χ0v) is 7.84. The summed E-state index contributed by atoms with van der Waals surface area (Å²) in [5.74, 6) is 0. The summed E-state index contributed by atoms with van der Waals surface area (Å²) >= 11 is 0. The van der Waals surface area contributed by atoms with Gasteiger partial charge in [0.15, 0.2) is 0 Å². The van der Waals surface area contributed by atoms with E-state index in [9.17, 15) is 0 Å². The SMILES string of the molecule is CN1[CH-]CO[CH-]C1.[Y]. The zero-order valence-electron chi connectivity index (χ0n) is 5.00. The Morgan fingerprint density at radius 1 is 1.62 bits per heavy atom. The zero-order chi connectivity index (χ0) is 5.11. The van der Waals surface area contributed by atoms with E-state index in [1.807, 2.05) is 13.6 Å². The van der Waals surface area contributed by atoms with E-state index in [0.717, 1.165) is 13.2 Å². The molecule has 0 unspecified atom stereocenters. The molecule has 1 radical (unpaired) electrons. The number of hydrogen-bond donors (Lipinski definition) is 0. The van der Waals surface area contributed by atoms with E-state index < -0.39 is 0 Å². The maximum Gasteiger partial charge on any atom is 0 e. The van der Waals surface area contributed by atoms with Crippen molar-refractivity contribution < 1.29 is 37.4 Å². The predicted octanol–water partition coefficient (Wildman–Crippen LogP) is 0.269. The fourth-order valence-electron chi connectivity index (χ4n) is 0.483. The Balaban J connectivity index is 0.000000490. The first kappa shape index (κ1) is 9.02. The Bertz CT molecular complexity index is 54.4. The van der Waals surface area contributed by atoms with E-state index in [1.165, 1.54) is 0 Å². The molecule has 0 atom stereocenters. The minimum absolute atomic E-state index is 0. The van der Waals surface area contributed by atoms with E-state index in [4.69, 9.17) is 4.74 Å². The second-order valence-electron chi connectivity index (χ2n) is 1.62. The van der Waals surface area contributed by atoms with E-state index in [2.05, 4.69) is 4.90 Å². The molecule has 1 fully saturated rings. The normalized spacial score (nSPS) is 22.1. The van der Waals surface area contributed by atoms with Crippen molar-refractivity contribution in [1.29, 1.82) is 0 Å². The van der Waals surface area contributed by atoms with Gasteiger partial charge in [0.05, 0.1) is 0 Å². The summed E-state index contributed by atoms with van der Waals surface area (Å²) in [6.45, 7) is 5.47. The van der Waals surface area contributed by atoms with Crippen LogP contribution < -0.4 is 0 Å². The van der Waals surface area contributed by atoms with E-state index in [-0.39, 0.29) is 32.7 Å². The van der Waals surface area contributed by atoms with Crippen LogP contribution in [0.25, 0.3) is 0 Å². The average Bonchev–Trinajstić information content (AvgIpc) is 1.69. The van der Waals surface area contributed by atoms with Gasteiger partial charge in [0.2, 0.25) is 0 Å². The average molecular weight is 188 g/mol. The molecule has 8 heavy (non-hydrogen) atoms. The second kappa shape index (κ2) is 4.86. The summed E-state index contributed by atoms with van der Waals surface area (Å²) in [5.41, 5.74) is 0. The van der Waals surface area contributed by atoms with Gasteiger partial charge in [0.25, 0.3) is 0 Å². The number of rotatable bonds is 0. The number of hydrogen-bond acceptors (Lipinski definition) is 2. The maximum absolute atomic E-state index is 4.92. The van der Waals surface area contributed by atoms with Crippen molar-refractivity contribution in [3.63, 3.8) is 0 Å². The number of ether oxygens (including phenoxy) is 1. The molecule has 1 aliphatic rings. The van der Waals surface area contributed by atoms with Gasteiger partial charge in [-0.3, -0.25) is 0 Å². The summed E-state index contributed by atoms with van der Waals surface area (Å²) in [4.78, 5) is 2.09. The molecule has 0 N–H and O–H groups in total. The van der Waals surface area contributed by atoms with Gasteiger partial charge < -0.3 is 9.64 Å². The monoisotopic (exact) mass is 188 g/mol. The molecule has 0 amide bonds. The van der Waals surface area contributed by atoms with Crippen LogP contribution in [-0.2, 0) is 37.4 Å². The number of likely N-dealkylation sites (N-methyl/N-ethyl adjacent to an activating group) is 1. The van der Waals surface area contributed by atoms with Gasteiger partial charge in [-0.1, -0.05) is 0 Å². The van der Waals surface area contributed by atoms with Crippen molar-refractivity contribution in [1.82, 2.24) is 4.90 Å². The van der Waals surface area contributed by atoms with Crippen LogP contribution in [0.15, 0.2) is 0 Å². The van der Waals surface area contributed by atoms with Gasteiger partial charge in [-0.25, -0.2) is 13.2 Å². The standard InChI is InChI=1S/C5H9NO.Y/c1-6-2-4-7-5-3-6;/h2,5H,3-4H2,1H3;/q-2;. The van der Waals surface area contributed by atoms with Crippen LogP contribution in [0, 0.1) is 13.2 Å². The summed E-state index contributed by atoms with van der Waals surface area (Å²) in [6, 6.07) is 0. The smallest absolute Gasteiger partial charge is 0 e. The first-order valence-corrected chi connectivity index (χ1v) is 2.36. The molecule has 0 aromatic carbocycles. The van der Waals surface area contributed by atoms with Crippen LogP contribution in [0.2, 0.25) is 0 Å². The second-order valence-corrected chi connectivity index (χ2v) is 1.62. The first-order chi connectivity index (χ1) is 3.39. The Morgan fingerprint density at radius 2 is 2.38 bits per heavy atom. The molecule has 2 nitrogen and oxygen atoms in total. The Hall–Kier alpha value is 1.02. The fourth-order valence-corrected chi connectivity index (χ4v) is 0.483. The molecule has 0 aromatic heterocycles. The van der Waals surface area contributed by atoms with Crippen LogP contribution in [-0.4, -0.2) is 25.1 Å². The molecule has 0 spiro atoms. The molecule has 3 heteroatoms. The molecule has 45 valence electrons. The Labute approximate surface area is 75.5 Å². The third-order valence-corrected chi connectivity index (χ3v) is 0.963. The van der Waals surface area contributed by atoms with Crippen molar-refractivity contribution in [3.8, 4) is 0 Å². The van der Waals surface area contributed by atoms with Gasteiger partial charge in [0.1, 0.15) is 0 Å². The van der Waals surface area contributed by atoms with Crippen molar-refractivity contribution in [2.75, 3.05) is 20.2 Å². The Morgan fingerprint density at radius 3 is 2.62 bits per heavy atom. The minimum atomic E-state index is 0. The van der Waals surface area contributed by atoms with E-state index in [0.29, 0.717) is 0 Å². The molecular formula is C5H9NOY-2. The molecule has 1 aliphatic heterocycles. The summed E-state index contributed by atoms with van der Waals surface area (Å²) in [5, 5.41) is 0.